The molecule has 16 heavy (non-hydrogen) atoms. The second-order valence-electron chi connectivity index (χ2n) is 5.06. The van der Waals surface area contributed by atoms with E-state index in [0.29, 0.717) is 24.6 Å². The predicted octanol–water partition coefficient (Wildman–Crippen LogP) is 1.80. The lowest BCUT2D eigenvalue weighted by Gasteiger charge is -2.22. The molecule has 1 fully saturated rings. The van der Waals surface area contributed by atoms with Gasteiger partial charge in [-0.05, 0) is 31.9 Å². The fourth-order valence-electron chi connectivity index (χ4n) is 2.20. The molecule has 1 amide bonds. The van der Waals surface area contributed by atoms with E-state index >= 15 is 0 Å². The normalized spacial score (nSPS) is 20.7. The van der Waals surface area contributed by atoms with E-state index in [1.165, 1.54) is 25.7 Å². The van der Waals surface area contributed by atoms with Gasteiger partial charge in [0.2, 0.25) is 5.91 Å². The van der Waals surface area contributed by atoms with Crippen LogP contribution in [0.4, 0.5) is 0 Å². The summed E-state index contributed by atoms with van der Waals surface area (Å²) in [6.07, 6.45) is 7.50. The summed E-state index contributed by atoms with van der Waals surface area (Å²) in [5.41, 5.74) is -0.787. The summed E-state index contributed by atoms with van der Waals surface area (Å²) in [5, 5.41) is 12.7. The van der Waals surface area contributed by atoms with Crippen molar-refractivity contribution < 1.29 is 9.90 Å². The Hall–Kier alpha value is -0.220. The zero-order chi connectivity index (χ0) is 12.0. The van der Waals surface area contributed by atoms with E-state index in [1.807, 2.05) is 6.26 Å². The Morgan fingerprint density at radius 1 is 1.50 bits per heavy atom. The van der Waals surface area contributed by atoms with E-state index in [2.05, 4.69) is 5.32 Å². The number of hydrogen-bond acceptors (Lipinski definition) is 3. The Bertz CT molecular complexity index is 225. The van der Waals surface area contributed by atoms with Crippen LogP contribution in [0, 0.1) is 5.92 Å². The summed E-state index contributed by atoms with van der Waals surface area (Å²) in [5.74, 6) is 1.32. The van der Waals surface area contributed by atoms with Gasteiger partial charge in [0.15, 0.2) is 0 Å². The minimum absolute atomic E-state index is 0.0910. The topological polar surface area (TPSA) is 49.3 Å². The van der Waals surface area contributed by atoms with Gasteiger partial charge in [0.1, 0.15) is 0 Å². The first-order chi connectivity index (χ1) is 7.53. The number of nitrogens with one attached hydrogen (secondary N) is 1. The minimum Gasteiger partial charge on any atom is -0.387 e. The van der Waals surface area contributed by atoms with E-state index < -0.39 is 5.60 Å². The highest BCUT2D eigenvalue weighted by Gasteiger charge is 2.22. The van der Waals surface area contributed by atoms with Crippen LogP contribution in [-0.2, 0) is 4.79 Å². The van der Waals surface area contributed by atoms with Gasteiger partial charge < -0.3 is 10.4 Å². The van der Waals surface area contributed by atoms with Crippen molar-refractivity contribution in [1.82, 2.24) is 5.32 Å². The van der Waals surface area contributed by atoms with Crippen LogP contribution in [0.1, 0.15) is 39.0 Å². The Kier molecular flexibility index (Phi) is 5.62. The van der Waals surface area contributed by atoms with Gasteiger partial charge in [-0.25, -0.2) is 0 Å². The van der Waals surface area contributed by atoms with Crippen molar-refractivity contribution >= 4 is 17.7 Å². The van der Waals surface area contributed by atoms with Crippen LogP contribution in [0.3, 0.4) is 0 Å². The van der Waals surface area contributed by atoms with E-state index in [0.717, 1.165) is 0 Å². The summed E-state index contributed by atoms with van der Waals surface area (Å²) < 4.78 is 0. The molecule has 3 nitrogen and oxygen atoms in total. The lowest BCUT2D eigenvalue weighted by Crippen LogP contribution is -2.42. The largest absolute Gasteiger partial charge is 0.387 e. The summed E-state index contributed by atoms with van der Waals surface area (Å²) in [4.78, 5) is 11.6. The number of hydrogen-bond donors (Lipinski definition) is 2. The van der Waals surface area contributed by atoms with Crippen LogP contribution < -0.4 is 5.32 Å². The first-order valence-electron chi connectivity index (χ1n) is 6.01. The third-order valence-corrected chi connectivity index (χ3v) is 3.98. The molecule has 2 N–H and O–H groups in total. The lowest BCUT2D eigenvalue weighted by atomic mass is 10.0. The Balaban J connectivity index is 2.18. The summed E-state index contributed by atoms with van der Waals surface area (Å²) in [7, 11) is 0. The minimum atomic E-state index is -0.787. The number of carbonyl (C=O) groups excluding carboxylic acids is 1. The molecule has 0 heterocycles. The fraction of sp³-hybridized carbons (Fsp3) is 0.917. The second kappa shape index (κ2) is 6.50. The molecule has 0 radical (unpaired) electrons. The molecule has 1 aliphatic carbocycles. The van der Waals surface area contributed by atoms with E-state index in [1.54, 1.807) is 18.7 Å². The monoisotopic (exact) mass is 245 g/mol. The maximum Gasteiger partial charge on any atom is 0.220 e. The van der Waals surface area contributed by atoms with Crippen molar-refractivity contribution in [2.45, 2.75) is 44.6 Å². The number of rotatable bonds is 6. The Morgan fingerprint density at radius 3 is 2.69 bits per heavy atom. The molecular weight excluding hydrogens is 222 g/mol. The SMILES string of the molecule is CSC[C@@](C)(O)CNC(=O)CC1CCCC1. The molecule has 1 aliphatic rings. The van der Waals surface area contributed by atoms with Gasteiger partial charge in [0.05, 0.1) is 5.60 Å². The third kappa shape index (κ3) is 5.21. The molecule has 0 aromatic heterocycles. The maximum absolute atomic E-state index is 11.6. The van der Waals surface area contributed by atoms with Crippen molar-refractivity contribution in [2.24, 2.45) is 5.92 Å². The Morgan fingerprint density at radius 2 is 2.12 bits per heavy atom. The highest BCUT2D eigenvalue weighted by Crippen LogP contribution is 2.27. The van der Waals surface area contributed by atoms with Crippen LogP contribution in [0.5, 0.6) is 0 Å². The van der Waals surface area contributed by atoms with Crippen LogP contribution in [0.2, 0.25) is 0 Å². The van der Waals surface area contributed by atoms with Crippen LogP contribution in [0.15, 0.2) is 0 Å². The van der Waals surface area contributed by atoms with Gasteiger partial charge in [0, 0.05) is 18.7 Å². The summed E-state index contributed by atoms with van der Waals surface area (Å²) >= 11 is 1.59. The van der Waals surface area contributed by atoms with Crippen LogP contribution in [-0.4, -0.2) is 35.2 Å². The molecule has 0 spiro atoms. The number of thioether (sulfide) groups is 1. The van der Waals surface area contributed by atoms with Crippen LogP contribution in [0.25, 0.3) is 0 Å². The van der Waals surface area contributed by atoms with E-state index in [9.17, 15) is 9.90 Å². The smallest absolute Gasteiger partial charge is 0.220 e. The van der Waals surface area contributed by atoms with Crippen molar-refractivity contribution in [3.8, 4) is 0 Å². The van der Waals surface area contributed by atoms with Gasteiger partial charge >= 0.3 is 0 Å². The molecule has 1 saturated carbocycles. The standard InChI is InChI=1S/C12H23NO2S/c1-12(15,9-16-2)8-13-11(14)7-10-5-3-4-6-10/h10,15H,3-9H2,1-2H3,(H,13,14)/t12-/m0/s1. The van der Waals surface area contributed by atoms with Crippen molar-refractivity contribution in [1.29, 1.82) is 0 Å². The van der Waals surface area contributed by atoms with Gasteiger partial charge in [-0.1, -0.05) is 12.8 Å². The highest BCUT2D eigenvalue weighted by atomic mass is 32.2. The van der Waals surface area contributed by atoms with Crippen molar-refractivity contribution in [3.63, 3.8) is 0 Å². The molecule has 0 bridgehead atoms. The second-order valence-corrected chi connectivity index (χ2v) is 5.93. The lowest BCUT2D eigenvalue weighted by molar-refractivity contribution is -0.122. The summed E-state index contributed by atoms with van der Waals surface area (Å²) in [6.45, 7) is 2.12. The van der Waals surface area contributed by atoms with Gasteiger partial charge in [-0.2, -0.15) is 11.8 Å². The average molecular weight is 245 g/mol. The van der Waals surface area contributed by atoms with E-state index in [4.69, 9.17) is 0 Å². The molecule has 4 heteroatoms. The first kappa shape index (κ1) is 13.8. The van der Waals surface area contributed by atoms with Crippen molar-refractivity contribution in [2.75, 3.05) is 18.6 Å². The third-order valence-electron chi connectivity index (χ3n) is 3.07. The zero-order valence-corrected chi connectivity index (χ0v) is 11.1. The van der Waals surface area contributed by atoms with Crippen molar-refractivity contribution in [3.05, 3.63) is 0 Å². The van der Waals surface area contributed by atoms with Gasteiger partial charge in [0.25, 0.3) is 0 Å². The number of aliphatic hydroxyl groups is 1. The number of amides is 1. The van der Waals surface area contributed by atoms with Gasteiger partial charge in [-0.15, -0.1) is 0 Å². The average Bonchev–Trinajstić information content (AvgIpc) is 2.68. The molecule has 0 saturated heterocycles. The maximum atomic E-state index is 11.6. The Labute approximate surface area is 102 Å². The van der Waals surface area contributed by atoms with Crippen LogP contribution >= 0.6 is 11.8 Å². The predicted molar refractivity (Wildman–Crippen MR) is 68.6 cm³/mol. The highest BCUT2D eigenvalue weighted by molar-refractivity contribution is 7.98. The number of carbonyl (C=O) groups is 1. The molecular formula is C12H23NO2S. The molecule has 1 rings (SSSR count). The fourth-order valence-corrected chi connectivity index (χ4v) is 2.92. The molecule has 94 valence electrons. The van der Waals surface area contributed by atoms with Gasteiger partial charge in [-0.3, -0.25) is 4.79 Å². The van der Waals surface area contributed by atoms with E-state index in [-0.39, 0.29) is 5.91 Å². The molecule has 0 unspecified atom stereocenters. The molecule has 0 aromatic carbocycles. The molecule has 1 atom stereocenters. The quantitative estimate of drug-likeness (QED) is 0.750. The summed E-state index contributed by atoms with van der Waals surface area (Å²) in [6, 6.07) is 0. The first-order valence-corrected chi connectivity index (χ1v) is 7.41. The molecule has 0 aliphatic heterocycles. The zero-order valence-electron chi connectivity index (χ0n) is 10.3. The molecule has 0 aromatic rings.